The van der Waals surface area contributed by atoms with E-state index in [2.05, 4.69) is 13.2 Å². The molecule has 0 N–H and O–H groups in total. The van der Waals surface area contributed by atoms with Gasteiger partial charge in [-0.2, -0.15) is 0 Å². The molecule has 4 aromatic carbocycles. The molecule has 0 saturated carbocycles. The molecule has 0 heterocycles. The molecular formula is C34H28O8S. The van der Waals surface area contributed by atoms with Gasteiger partial charge in [0.25, 0.3) is 0 Å². The quantitative estimate of drug-likeness (QED) is 0.0409. The third-order valence-electron chi connectivity index (χ3n) is 6.06. The molecular weight excluding hydrogens is 568 g/mol. The smallest absolute Gasteiger partial charge is 0.463 e. The molecule has 4 rings (SSSR count). The minimum atomic E-state index is -0.808. The van der Waals surface area contributed by atoms with Crippen LogP contribution in [0.5, 0.6) is 11.5 Å². The van der Waals surface area contributed by atoms with Gasteiger partial charge in [-0.05, 0) is 101 Å². The highest BCUT2D eigenvalue weighted by molar-refractivity contribution is 8.14. The maximum Gasteiger partial charge on any atom is 0.513 e. The molecule has 0 unspecified atom stereocenters. The van der Waals surface area contributed by atoms with Crippen LogP contribution < -0.4 is 9.47 Å². The summed E-state index contributed by atoms with van der Waals surface area (Å²) in [7, 11) is 0. The second-order valence-electron chi connectivity index (χ2n) is 9.07. The Hall–Kier alpha value is -5.15. The maximum absolute atomic E-state index is 12.8. The molecule has 0 bridgehead atoms. The Morgan fingerprint density at radius 1 is 0.628 bits per heavy atom. The summed E-state index contributed by atoms with van der Waals surface area (Å²) in [5.74, 6) is -0.297. The highest BCUT2D eigenvalue weighted by Gasteiger charge is 2.11. The van der Waals surface area contributed by atoms with Crippen molar-refractivity contribution in [3.63, 3.8) is 0 Å². The maximum atomic E-state index is 12.8. The molecule has 4 aromatic rings. The summed E-state index contributed by atoms with van der Waals surface area (Å²) in [6.45, 7) is 7.06. The number of rotatable bonds is 12. The van der Waals surface area contributed by atoms with Gasteiger partial charge in [0.05, 0.1) is 13.2 Å². The lowest BCUT2D eigenvalue weighted by Gasteiger charge is -2.09. The average Bonchev–Trinajstić information content (AvgIpc) is 3.03. The first kappa shape index (κ1) is 30.8. The summed E-state index contributed by atoms with van der Waals surface area (Å²) >= 11 is 1.08. The van der Waals surface area contributed by atoms with E-state index >= 15 is 0 Å². The molecule has 0 fully saturated rings. The topological polar surface area (TPSA) is 105 Å². The summed E-state index contributed by atoms with van der Waals surface area (Å²) in [6.07, 6.45) is 2.45. The van der Waals surface area contributed by atoms with Crippen LogP contribution in [0.4, 0.5) is 4.79 Å². The number of hydrogen-bond donors (Lipinski definition) is 0. The lowest BCUT2D eigenvalue weighted by atomic mass is 10.0. The zero-order chi connectivity index (χ0) is 30.6. The molecule has 0 amide bonds. The molecule has 218 valence electrons. The third kappa shape index (κ3) is 9.17. The fourth-order valence-electron chi connectivity index (χ4n) is 3.88. The first-order valence-corrected chi connectivity index (χ1v) is 14.1. The summed E-state index contributed by atoms with van der Waals surface area (Å²) in [5.41, 5.74) is 2.47. The van der Waals surface area contributed by atoms with E-state index in [1.165, 1.54) is 0 Å². The number of thioether (sulfide) groups is 1. The second kappa shape index (κ2) is 15.2. The van der Waals surface area contributed by atoms with Crippen LogP contribution >= 0.6 is 11.8 Å². The highest BCUT2D eigenvalue weighted by atomic mass is 32.2. The standard InChI is InChI=1S/C34H28O8S/c1-3-31(35)39-19-5-6-20-40-34(38)42-29-14-13-26-21-25(11-12-27(26)22-29)23-7-9-24(10-8-23)33(37)43-30-17-15-28(16-18-30)41-32(36)4-2/h3-4,7-18,21-22H,1-2,5-6,19-20H2. The molecule has 0 atom stereocenters. The molecule has 0 aliphatic carbocycles. The van der Waals surface area contributed by atoms with Crippen molar-refractivity contribution in [1.29, 1.82) is 0 Å². The van der Waals surface area contributed by atoms with Crippen LogP contribution in [0.2, 0.25) is 0 Å². The number of benzene rings is 4. The van der Waals surface area contributed by atoms with Crippen molar-refractivity contribution >= 4 is 45.7 Å². The van der Waals surface area contributed by atoms with Crippen molar-refractivity contribution in [2.24, 2.45) is 0 Å². The number of unbranched alkanes of at least 4 members (excludes halogenated alkanes) is 1. The van der Waals surface area contributed by atoms with Crippen molar-refractivity contribution in [1.82, 2.24) is 0 Å². The Morgan fingerprint density at radius 3 is 1.93 bits per heavy atom. The molecule has 0 radical (unpaired) electrons. The number of fused-ring (bicyclic) bond motifs is 1. The number of carbonyl (C=O) groups excluding carboxylic acids is 4. The first-order valence-electron chi connectivity index (χ1n) is 13.3. The molecule has 43 heavy (non-hydrogen) atoms. The summed E-state index contributed by atoms with van der Waals surface area (Å²) in [6, 6.07) is 25.2. The summed E-state index contributed by atoms with van der Waals surface area (Å²) < 4.78 is 20.3. The molecule has 0 spiro atoms. The Kier molecular flexibility index (Phi) is 10.9. The van der Waals surface area contributed by atoms with E-state index in [0.29, 0.717) is 29.9 Å². The molecule has 0 aliphatic rings. The summed E-state index contributed by atoms with van der Waals surface area (Å²) in [5, 5.41) is 1.72. The summed E-state index contributed by atoms with van der Waals surface area (Å²) in [4.78, 5) is 47.8. The SMILES string of the molecule is C=CC(=O)OCCCCOC(=O)Oc1ccc2cc(-c3ccc(C(=O)Sc4ccc(OC(=O)C=C)cc4)cc3)ccc2c1. The normalized spacial score (nSPS) is 10.4. The molecule has 9 heteroatoms. The molecule has 0 saturated heterocycles. The van der Waals surface area contributed by atoms with Crippen molar-refractivity contribution in [2.45, 2.75) is 17.7 Å². The van der Waals surface area contributed by atoms with Gasteiger partial charge in [-0.1, -0.05) is 43.5 Å². The number of carbonyl (C=O) groups is 4. The largest absolute Gasteiger partial charge is 0.513 e. The van der Waals surface area contributed by atoms with Crippen LogP contribution in [0, 0.1) is 0 Å². The Bertz CT molecular complexity index is 1640. The van der Waals surface area contributed by atoms with E-state index in [1.54, 1.807) is 48.5 Å². The second-order valence-corrected chi connectivity index (χ2v) is 10.1. The van der Waals surface area contributed by atoms with Gasteiger partial charge < -0.3 is 18.9 Å². The van der Waals surface area contributed by atoms with Crippen molar-refractivity contribution in [2.75, 3.05) is 13.2 Å². The Morgan fingerprint density at radius 2 is 1.23 bits per heavy atom. The van der Waals surface area contributed by atoms with Crippen LogP contribution in [0.15, 0.2) is 115 Å². The van der Waals surface area contributed by atoms with E-state index in [-0.39, 0.29) is 18.3 Å². The van der Waals surface area contributed by atoms with E-state index in [4.69, 9.17) is 18.9 Å². The van der Waals surface area contributed by atoms with Crippen LogP contribution in [-0.4, -0.2) is 36.4 Å². The van der Waals surface area contributed by atoms with Crippen LogP contribution in [0.25, 0.3) is 21.9 Å². The lowest BCUT2D eigenvalue weighted by molar-refractivity contribution is -0.138. The van der Waals surface area contributed by atoms with Crippen molar-refractivity contribution in [3.05, 3.63) is 116 Å². The van der Waals surface area contributed by atoms with Crippen LogP contribution in [0.3, 0.4) is 0 Å². The fraction of sp³-hybridized carbons (Fsp3) is 0.118. The van der Waals surface area contributed by atoms with Gasteiger partial charge in [0.2, 0.25) is 5.12 Å². The van der Waals surface area contributed by atoms with Crippen LogP contribution in [-0.2, 0) is 19.1 Å². The minimum absolute atomic E-state index is 0.110. The lowest BCUT2D eigenvalue weighted by Crippen LogP contribution is -2.12. The van der Waals surface area contributed by atoms with Crippen molar-refractivity contribution in [3.8, 4) is 22.6 Å². The van der Waals surface area contributed by atoms with Crippen LogP contribution in [0.1, 0.15) is 23.2 Å². The van der Waals surface area contributed by atoms with Gasteiger partial charge in [-0.25, -0.2) is 14.4 Å². The van der Waals surface area contributed by atoms with Gasteiger partial charge in [0.15, 0.2) is 0 Å². The number of hydrogen-bond acceptors (Lipinski definition) is 9. The van der Waals surface area contributed by atoms with Gasteiger partial charge in [0, 0.05) is 22.6 Å². The van der Waals surface area contributed by atoms with E-state index in [1.807, 2.05) is 36.4 Å². The number of ether oxygens (including phenoxy) is 4. The monoisotopic (exact) mass is 596 g/mol. The highest BCUT2D eigenvalue weighted by Crippen LogP contribution is 2.29. The van der Waals surface area contributed by atoms with Gasteiger partial charge in [0.1, 0.15) is 11.5 Å². The predicted octanol–water partition coefficient (Wildman–Crippen LogP) is 7.56. The fourth-order valence-corrected chi connectivity index (χ4v) is 4.62. The predicted molar refractivity (Wildman–Crippen MR) is 164 cm³/mol. The Balaban J connectivity index is 1.30. The van der Waals surface area contributed by atoms with Gasteiger partial charge >= 0.3 is 18.1 Å². The zero-order valence-electron chi connectivity index (χ0n) is 23.2. The van der Waals surface area contributed by atoms with E-state index in [9.17, 15) is 19.2 Å². The molecule has 0 aromatic heterocycles. The average molecular weight is 597 g/mol. The van der Waals surface area contributed by atoms with E-state index in [0.717, 1.165) is 50.7 Å². The van der Waals surface area contributed by atoms with Gasteiger partial charge in [-0.3, -0.25) is 4.79 Å². The molecule has 0 aliphatic heterocycles. The minimum Gasteiger partial charge on any atom is -0.463 e. The van der Waals surface area contributed by atoms with Gasteiger partial charge in [-0.15, -0.1) is 0 Å². The third-order valence-corrected chi connectivity index (χ3v) is 6.98. The molecule has 8 nitrogen and oxygen atoms in total. The Labute approximate surface area is 252 Å². The zero-order valence-corrected chi connectivity index (χ0v) is 24.0. The first-order chi connectivity index (χ1) is 20.8. The number of esters is 2. The van der Waals surface area contributed by atoms with E-state index < -0.39 is 18.1 Å². The van der Waals surface area contributed by atoms with Crippen molar-refractivity contribution < 1.29 is 38.1 Å².